The number of amides is 1. The summed E-state index contributed by atoms with van der Waals surface area (Å²) >= 11 is 0. The molecule has 0 radical (unpaired) electrons. The number of methoxy groups -OCH3 is 1. The number of rotatable bonds is 2. The van der Waals surface area contributed by atoms with Gasteiger partial charge in [0.1, 0.15) is 0 Å². The molecule has 1 saturated heterocycles. The largest absolute Gasteiger partial charge is 0.494 e. The minimum Gasteiger partial charge on any atom is -0.494 e. The van der Waals surface area contributed by atoms with Gasteiger partial charge < -0.3 is 14.8 Å². The zero-order valence-corrected chi connectivity index (χ0v) is 9.24. The van der Waals surface area contributed by atoms with E-state index in [2.05, 4.69) is 10.1 Å². The molecule has 1 aliphatic rings. The van der Waals surface area contributed by atoms with E-state index in [9.17, 15) is 14.0 Å². The Morgan fingerprint density at radius 1 is 1.41 bits per heavy atom. The second kappa shape index (κ2) is 3.73. The Bertz CT molecular complexity index is 502. The lowest BCUT2D eigenvalue weighted by Crippen LogP contribution is -2.40. The van der Waals surface area contributed by atoms with Crippen LogP contribution in [0.3, 0.4) is 0 Å². The Hall–Kier alpha value is -2.11. The average molecular weight is 239 g/mol. The highest BCUT2D eigenvalue weighted by atomic mass is 19.1. The first-order valence-corrected chi connectivity index (χ1v) is 4.86. The summed E-state index contributed by atoms with van der Waals surface area (Å²) in [6.07, 6.45) is -0.839. The number of ether oxygens (including phenoxy) is 2. The monoisotopic (exact) mass is 239 g/mol. The van der Waals surface area contributed by atoms with Crippen molar-refractivity contribution in [2.45, 2.75) is 12.5 Å². The summed E-state index contributed by atoms with van der Waals surface area (Å²) in [5.74, 6) is -1.30. The molecule has 5 nitrogen and oxygen atoms in total. The molecular weight excluding hydrogens is 229 g/mol. The molecule has 90 valence electrons. The first-order chi connectivity index (χ1) is 7.97. The molecule has 2 rings (SSSR count). The van der Waals surface area contributed by atoms with Crippen molar-refractivity contribution in [1.29, 1.82) is 0 Å². The molecule has 1 heterocycles. The molecule has 1 aromatic rings. The van der Waals surface area contributed by atoms with E-state index in [1.54, 1.807) is 0 Å². The Morgan fingerprint density at radius 3 is 2.59 bits per heavy atom. The van der Waals surface area contributed by atoms with E-state index >= 15 is 0 Å². The molecule has 1 N–H and O–H groups in total. The van der Waals surface area contributed by atoms with E-state index in [0.717, 1.165) is 6.07 Å². The highest BCUT2D eigenvalue weighted by molar-refractivity contribution is 5.99. The molecule has 1 amide bonds. The maximum absolute atomic E-state index is 13.5. The number of esters is 1. The standard InChI is InChI=1S/C11H10FNO4/c1-11(9(14)17-10(15)13-11)6-3-4-8(16-2)7(12)5-6/h3-5H,1-2H3,(H,13,15)/t11-/m1/s1. The number of carbonyl (C=O) groups excluding carboxylic acids is 2. The highest BCUT2D eigenvalue weighted by Crippen LogP contribution is 2.29. The molecule has 17 heavy (non-hydrogen) atoms. The van der Waals surface area contributed by atoms with Gasteiger partial charge in [0.05, 0.1) is 7.11 Å². The number of benzene rings is 1. The van der Waals surface area contributed by atoms with Gasteiger partial charge in [-0.3, -0.25) is 0 Å². The van der Waals surface area contributed by atoms with E-state index in [4.69, 9.17) is 4.74 Å². The van der Waals surface area contributed by atoms with Crippen LogP contribution in [0.25, 0.3) is 0 Å². The van der Waals surface area contributed by atoms with Gasteiger partial charge in [0.15, 0.2) is 17.1 Å². The number of alkyl carbamates (subject to hydrolysis) is 1. The summed E-state index contributed by atoms with van der Waals surface area (Å²) in [6.45, 7) is 1.45. The van der Waals surface area contributed by atoms with Gasteiger partial charge in [-0.05, 0) is 24.6 Å². The van der Waals surface area contributed by atoms with Crippen LogP contribution in [0.2, 0.25) is 0 Å². The van der Waals surface area contributed by atoms with Gasteiger partial charge in [-0.25, -0.2) is 14.0 Å². The fourth-order valence-corrected chi connectivity index (χ4v) is 1.63. The van der Waals surface area contributed by atoms with Crippen LogP contribution in [0.5, 0.6) is 5.75 Å². The summed E-state index contributed by atoms with van der Waals surface area (Å²) < 4.78 is 22.7. The van der Waals surface area contributed by atoms with Crippen molar-refractivity contribution in [3.63, 3.8) is 0 Å². The van der Waals surface area contributed by atoms with Crippen molar-refractivity contribution in [2.75, 3.05) is 7.11 Å². The van der Waals surface area contributed by atoms with Crippen molar-refractivity contribution in [2.24, 2.45) is 0 Å². The molecule has 1 atom stereocenters. The Labute approximate surface area is 96.5 Å². The average Bonchev–Trinajstić information content (AvgIpc) is 2.53. The second-order valence-electron chi connectivity index (χ2n) is 3.78. The topological polar surface area (TPSA) is 64.6 Å². The predicted molar refractivity (Wildman–Crippen MR) is 54.9 cm³/mol. The molecule has 1 aliphatic heterocycles. The fourth-order valence-electron chi connectivity index (χ4n) is 1.63. The van der Waals surface area contributed by atoms with E-state index < -0.39 is 23.4 Å². The second-order valence-corrected chi connectivity index (χ2v) is 3.78. The maximum Gasteiger partial charge on any atom is 0.416 e. The van der Waals surface area contributed by atoms with Crippen LogP contribution in [0.4, 0.5) is 9.18 Å². The Kier molecular flexibility index (Phi) is 2.49. The molecule has 0 spiro atoms. The van der Waals surface area contributed by atoms with Gasteiger partial charge in [0.2, 0.25) is 0 Å². The normalized spacial score (nSPS) is 23.2. The molecular formula is C11H10FNO4. The fraction of sp³-hybridized carbons (Fsp3) is 0.273. The predicted octanol–water partition coefficient (Wildman–Crippen LogP) is 1.32. The quantitative estimate of drug-likeness (QED) is 0.624. The van der Waals surface area contributed by atoms with Crippen LogP contribution in [0.1, 0.15) is 12.5 Å². The zero-order valence-electron chi connectivity index (χ0n) is 9.24. The number of cyclic esters (lactones) is 2. The van der Waals surface area contributed by atoms with Gasteiger partial charge in [0.25, 0.3) is 0 Å². The van der Waals surface area contributed by atoms with Crippen LogP contribution in [0, 0.1) is 5.82 Å². The number of halogens is 1. The summed E-state index contributed by atoms with van der Waals surface area (Å²) in [4.78, 5) is 22.5. The van der Waals surface area contributed by atoms with Crippen LogP contribution in [-0.2, 0) is 15.1 Å². The molecule has 0 saturated carbocycles. The Morgan fingerprint density at radius 2 is 2.12 bits per heavy atom. The van der Waals surface area contributed by atoms with Crippen molar-refractivity contribution in [3.8, 4) is 5.75 Å². The van der Waals surface area contributed by atoms with Gasteiger partial charge in [-0.15, -0.1) is 0 Å². The number of nitrogens with one attached hydrogen (secondary N) is 1. The zero-order chi connectivity index (χ0) is 12.6. The van der Waals surface area contributed by atoms with Crippen molar-refractivity contribution >= 4 is 12.1 Å². The lowest BCUT2D eigenvalue weighted by Gasteiger charge is -2.19. The Balaban J connectivity index is 2.44. The van der Waals surface area contributed by atoms with Gasteiger partial charge in [-0.2, -0.15) is 0 Å². The number of carbonyl (C=O) groups is 2. The minimum atomic E-state index is -1.36. The van der Waals surface area contributed by atoms with Crippen LogP contribution >= 0.6 is 0 Å². The molecule has 0 aliphatic carbocycles. The lowest BCUT2D eigenvalue weighted by molar-refractivity contribution is -0.139. The third-order valence-corrected chi connectivity index (χ3v) is 2.67. The van der Waals surface area contributed by atoms with Crippen LogP contribution < -0.4 is 10.1 Å². The van der Waals surface area contributed by atoms with E-state index in [1.807, 2.05) is 0 Å². The molecule has 1 fully saturated rings. The smallest absolute Gasteiger partial charge is 0.416 e. The molecule has 6 heteroatoms. The highest BCUT2D eigenvalue weighted by Gasteiger charge is 2.46. The SMILES string of the molecule is COc1ccc([C@@]2(C)NC(=O)OC2=O)cc1F. The summed E-state index contributed by atoms with van der Waals surface area (Å²) in [6, 6.07) is 4.01. The van der Waals surface area contributed by atoms with Gasteiger partial charge in [0, 0.05) is 0 Å². The summed E-state index contributed by atoms with van der Waals surface area (Å²) in [5, 5.41) is 2.34. The van der Waals surface area contributed by atoms with Gasteiger partial charge in [-0.1, -0.05) is 6.07 Å². The van der Waals surface area contributed by atoms with E-state index in [1.165, 1.54) is 26.2 Å². The molecule has 0 aromatic heterocycles. The third kappa shape index (κ3) is 1.71. The number of hydrogen-bond donors (Lipinski definition) is 1. The van der Waals surface area contributed by atoms with Crippen LogP contribution in [-0.4, -0.2) is 19.2 Å². The van der Waals surface area contributed by atoms with E-state index in [0.29, 0.717) is 5.56 Å². The third-order valence-electron chi connectivity index (χ3n) is 2.67. The first kappa shape index (κ1) is 11.4. The molecule has 0 unspecified atom stereocenters. The molecule has 0 bridgehead atoms. The minimum absolute atomic E-state index is 0.0649. The van der Waals surface area contributed by atoms with Gasteiger partial charge >= 0.3 is 12.1 Å². The summed E-state index contributed by atoms with van der Waals surface area (Å²) in [7, 11) is 1.34. The van der Waals surface area contributed by atoms with E-state index in [-0.39, 0.29) is 5.75 Å². The summed E-state index contributed by atoms with van der Waals surface area (Å²) in [5.41, 5.74) is -1.06. The van der Waals surface area contributed by atoms with Crippen molar-refractivity contribution in [1.82, 2.24) is 5.32 Å². The lowest BCUT2D eigenvalue weighted by atomic mass is 9.93. The van der Waals surface area contributed by atoms with Crippen molar-refractivity contribution < 1.29 is 23.5 Å². The van der Waals surface area contributed by atoms with Crippen LogP contribution in [0.15, 0.2) is 18.2 Å². The van der Waals surface area contributed by atoms with Crippen molar-refractivity contribution in [3.05, 3.63) is 29.6 Å². The number of hydrogen-bond acceptors (Lipinski definition) is 4. The molecule has 1 aromatic carbocycles. The first-order valence-electron chi connectivity index (χ1n) is 4.86. The maximum atomic E-state index is 13.5.